The van der Waals surface area contributed by atoms with Crippen molar-refractivity contribution in [1.82, 2.24) is 9.13 Å². The van der Waals surface area contributed by atoms with Gasteiger partial charge in [0.15, 0.2) is 0 Å². The topological polar surface area (TPSA) is 16.3 Å². The Hall–Kier alpha value is -12.5. The van der Waals surface area contributed by atoms with Gasteiger partial charge < -0.3 is 18.9 Å². The summed E-state index contributed by atoms with van der Waals surface area (Å²) in [6, 6.07) is 136. The molecule has 0 saturated carbocycles. The first kappa shape index (κ1) is 58.3. The molecule has 2 heterocycles. The molecule has 460 valence electrons. The Morgan fingerprint density at radius 2 is 0.454 bits per heavy atom. The van der Waals surface area contributed by atoms with E-state index in [-0.39, 0.29) is 5.41 Å². The lowest BCUT2D eigenvalue weighted by molar-refractivity contribution is 0.660. The van der Waals surface area contributed by atoms with E-state index in [9.17, 15) is 0 Å². The lowest BCUT2D eigenvalue weighted by Crippen LogP contribution is -2.17. The number of fused-ring (bicyclic) bond motifs is 9. The monoisotopic (exact) mass is 1240 g/mol. The summed E-state index contributed by atoms with van der Waals surface area (Å²) in [6.45, 7) is 4.75. The van der Waals surface area contributed by atoms with Crippen LogP contribution in [0.15, 0.2) is 376 Å². The van der Waals surface area contributed by atoms with Gasteiger partial charge in [0.1, 0.15) is 0 Å². The lowest BCUT2D eigenvalue weighted by Gasteiger charge is -2.28. The van der Waals surface area contributed by atoms with Crippen LogP contribution in [0.25, 0.3) is 111 Å². The number of anilines is 6. The molecule has 0 N–H and O–H groups in total. The third-order valence-corrected chi connectivity index (χ3v) is 19.6. The molecule has 1 aliphatic carbocycles. The highest BCUT2D eigenvalue weighted by Gasteiger charge is 2.37. The van der Waals surface area contributed by atoms with E-state index in [0.29, 0.717) is 0 Å². The first-order valence-electron chi connectivity index (χ1n) is 33.5. The summed E-state index contributed by atoms with van der Waals surface area (Å²) < 4.78 is 4.78. The van der Waals surface area contributed by atoms with Gasteiger partial charge in [-0.2, -0.15) is 0 Å². The van der Waals surface area contributed by atoms with Crippen molar-refractivity contribution in [1.29, 1.82) is 0 Å². The fourth-order valence-corrected chi connectivity index (χ4v) is 14.8. The van der Waals surface area contributed by atoms with Crippen LogP contribution in [-0.2, 0) is 5.41 Å². The van der Waals surface area contributed by atoms with Gasteiger partial charge in [-0.1, -0.05) is 269 Å². The minimum Gasteiger partial charge on any atom is -0.311 e. The van der Waals surface area contributed by atoms with E-state index in [4.69, 9.17) is 0 Å². The zero-order valence-electron chi connectivity index (χ0n) is 54.1. The summed E-state index contributed by atoms with van der Waals surface area (Å²) >= 11 is 0. The fourth-order valence-electron chi connectivity index (χ4n) is 14.8. The molecular weight excluding hydrogens is 1170 g/mol. The molecule has 1 aliphatic rings. The first-order valence-corrected chi connectivity index (χ1v) is 33.5. The second-order valence-electron chi connectivity index (χ2n) is 25.7. The SMILES string of the molecule is CC1(C)c2cc(N(c3ccccc3)c3ccc(-c4ccccc4)cc3)ccc2-c2ccc(-n3c4ccccc4c4ccccc43)cc21.c1ccc(-c2ccc(N(c3ccc(-c4ccccc4)cc3)c3ccc(-c4ccc(-n5c6ccccc6c6ccccc65)cc4)cc3)cc2)cc1. The second kappa shape index (κ2) is 24.8. The molecule has 4 heteroatoms. The molecule has 0 radical (unpaired) electrons. The summed E-state index contributed by atoms with van der Waals surface area (Å²) in [7, 11) is 0. The molecule has 0 saturated heterocycles. The van der Waals surface area contributed by atoms with Crippen LogP contribution in [0.5, 0.6) is 0 Å². The summed E-state index contributed by atoms with van der Waals surface area (Å²) in [5.41, 5.74) is 28.9. The average molecular weight is 1240 g/mol. The molecule has 18 rings (SSSR count). The van der Waals surface area contributed by atoms with E-state index < -0.39 is 0 Å². The van der Waals surface area contributed by atoms with Crippen LogP contribution in [0.1, 0.15) is 25.0 Å². The van der Waals surface area contributed by atoms with E-state index in [2.05, 4.69) is 409 Å². The highest BCUT2D eigenvalue weighted by atomic mass is 15.1. The summed E-state index contributed by atoms with van der Waals surface area (Å²) in [5, 5.41) is 5.12. The van der Waals surface area contributed by atoms with Gasteiger partial charge in [-0.05, 0) is 188 Å². The molecule has 0 atom stereocenters. The van der Waals surface area contributed by atoms with Crippen LogP contribution in [0.4, 0.5) is 34.1 Å². The number of hydrogen-bond donors (Lipinski definition) is 0. The number of benzene rings is 15. The highest BCUT2D eigenvalue weighted by Crippen LogP contribution is 2.52. The van der Waals surface area contributed by atoms with Gasteiger partial charge in [-0.15, -0.1) is 0 Å². The van der Waals surface area contributed by atoms with Crippen molar-refractivity contribution in [3.05, 3.63) is 387 Å². The summed E-state index contributed by atoms with van der Waals surface area (Å²) in [6.07, 6.45) is 0. The molecular formula is C93H68N4. The van der Waals surface area contributed by atoms with Crippen LogP contribution in [0.2, 0.25) is 0 Å². The number of rotatable bonds is 12. The molecule has 0 aliphatic heterocycles. The van der Waals surface area contributed by atoms with Gasteiger partial charge in [0.25, 0.3) is 0 Å². The molecule has 17 aromatic rings. The molecule has 4 nitrogen and oxygen atoms in total. The van der Waals surface area contributed by atoms with Crippen LogP contribution in [0, 0.1) is 0 Å². The van der Waals surface area contributed by atoms with Gasteiger partial charge in [-0.3, -0.25) is 0 Å². The number of hydrogen-bond acceptors (Lipinski definition) is 2. The predicted molar refractivity (Wildman–Crippen MR) is 410 cm³/mol. The quantitative estimate of drug-likeness (QED) is 0.121. The van der Waals surface area contributed by atoms with Crippen molar-refractivity contribution >= 4 is 77.7 Å². The van der Waals surface area contributed by atoms with E-state index in [0.717, 1.165) is 39.8 Å². The van der Waals surface area contributed by atoms with E-state index in [1.807, 2.05) is 0 Å². The predicted octanol–water partition coefficient (Wildman–Crippen LogP) is 25.5. The van der Waals surface area contributed by atoms with Crippen LogP contribution in [-0.4, -0.2) is 9.13 Å². The number of para-hydroxylation sites is 5. The van der Waals surface area contributed by atoms with Crippen molar-refractivity contribution in [2.45, 2.75) is 19.3 Å². The zero-order chi connectivity index (χ0) is 64.8. The third-order valence-electron chi connectivity index (χ3n) is 19.6. The molecule has 15 aromatic carbocycles. The van der Waals surface area contributed by atoms with Gasteiger partial charge in [0.2, 0.25) is 0 Å². The minimum atomic E-state index is -0.172. The highest BCUT2D eigenvalue weighted by molar-refractivity contribution is 6.10. The Balaban J connectivity index is 0.000000147. The summed E-state index contributed by atoms with van der Waals surface area (Å²) in [5.74, 6) is 0. The van der Waals surface area contributed by atoms with Crippen LogP contribution in [0.3, 0.4) is 0 Å². The standard InChI is InChI=1S/C48H34N2.C45H34N2/c1-3-11-35(12-4-1)37-19-27-41(28-20-37)49(42-29-21-38(22-30-42)36-13-5-2-6-14-36)43-31-23-39(24-32-43)40-25-33-44(34-26-40)50-47-17-9-7-15-45(47)46-16-8-10-18-48(46)50;1-45(2)41-29-35(46(33-15-7-4-8-16-33)34-23-21-32(22-24-34)31-13-5-3-6-14-31)25-27-37(41)38-28-26-36(30-42(38)45)47-43-19-11-9-17-39(43)40-18-10-12-20-44(40)47/h1-34H;3-30H,1-2H3. The van der Waals surface area contributed by atoms with Crippen molar-refractivity contribution in [2.24, 2.45) is 0 Å². The maximum atomic E-state index is 2.42. The Bertz CT molecular complexity index is 5470. The molecule has 0 unspecified atom stereocenters. The second-order valence-corrected chi connectivity index (χ2v) is 25.7. The van der Waals surface area contributed by atoms with Gasteiger partial charge >= 0.3 is 0 Å². The van der Waals surface area contributed by atoms with E-state index in [1.165, 1.54) is 116 Å². The fraction of sp³-hybridized carbons (Fsp3) is 0.0323. The Kier molecular flexibility index (Phi) is 14.9. The Morgan fingerprint density at radius 3 is 0.825 bits per heavy atom. The van der Waals surface area contributed by atoms with Crippen molar-refractivity contribution in [2.75, 3.05) is 9.80 Å². The normalized spacial score (nSPS) is 12.1. The van der Waals surface area contributed by atoms with Crippen LogP contribution < -0.4 is 9.80 Å². The Labute approximate surface area is 566 Å². The van der Waals surface area contributed by atoms with E-state index >= 15 is 0 Å². The third kappa shape index (κ3) is 10.7. The van der Waals surface area contributed by atoms with Crippen LogP contribution >= 0.6 is 0 Å². The number of nitrogens with zero attached hydrogens (tertiary/aromatic N) is 4. The maximum Gasteiger partial charge on any atom is 0.0541 e. The lowest BCUT2D eigenvalue weighted by atomic mass is 9.82. The van der Waals surface area contributed by atoms with Crippen molar-refractivity contribution in [3.8, 4) is 67.0 Å². The zero-order valence-corrected chi connectivity index (χ0v) is 54.1. The maximum absolute atomic E-state index is 2.42. The van der Waals surface area contributed by atoms with Gasteiger partial charge in [0.05, 0.1) is 22.1 Å². The minimum absolute atomic E-state index is 0.172. The summed E-state index contributed by atoms with van der Waals surface area (Å²) in [4.78, 5) is 4.70. The van der Waals surface area contributed by atoms with Gasteiger partial charge in [0, 0.05) is 72.5 Å². The van der Waals surface area contributed by atoms with Crippen molar-refractivity contribution in [3.63, 3.8) is 0 Å². The number of aromatic nitrogens is 2. The smallest absolute Gasteiger partial charge is 0.0541 e. The average Bonchev–Trinajstić information content (AvgIpc) is 1.57. The molecule has 0 amide bonds. The molecule has 97 heavy (non-hydrogen) atoms. The Morgan fingerprint density at radius 1 is 0.206 bits per heavy atom. The van der Waals surface area contributed by atoms with Gasteiger partial charge in [-0.25, -0.2) is 0 Å². The molecule has 0 bridgehead atoms. The molecule has 0 spiro atoms. The largest absolute Gasteiger partial charge is 0.311 e. The first-order chi connectivity index (χ1) is 47.9. The molecule has 0 fully saturated rings. The van der Waals surface area contributed by atoms with Crippen molar-refractivity contribution < 1.29 is 0 Å². The molecule has 2 aromatic heterocycles. The van der Waals surface area contributed by atoms with E-state index in [1.54, 1.807) is 0 Å².